The van der Waals surface area contributed by atoms with E-state index in [-0.39, 0.29) is 11.8 Å². The second-order valence-corrected chi connectivity index (χ2v) is 5.21. The Morgan fingerprint density at radius 2 is 2.33 bits per heavy atom. The molecule has 2 heterocycles. The van der Waals surface area contributed by atoms with Gasteiger partial charge < -0.3 is 15.1 Å². The molecule has 1 saturated heterocycles. The summed E-state index contributed by atoms with van der Waals surface area (Å²) in [5.74, 6) is -0.995. The number of aromatic nitrogens is 1. The number of anilines is 1. The fourth-order valence-electron chi connectivity index (χ4n) is 2.25. The lowest BCUT2D eigenvalue weighted by Crippen LogP contribution is -2.20. The van der Waals surface area contributed by atoms with Crippen molar-refractivity contribution in [3.63, 3.8) is 0 Å². The average Bonchev–Trinajstić information content (AvgIpc) is 2.93. The van der Waals surface area contributed by atoms with Gasteiger partial charge in [0.2, 0.25) is 0 Å². The predicted octanol–water partition coefficient (Wildman–Crippen LogP) is 1.57. The van der Waals surface area contributed by atoms with Gasteiger partial charge in [0.1, 0.15) is 0 Å². The van der Waals surface area contributed by atoms with Gasteiger partial charge in [-0.25, -0.2) is 4.79 Å². The van der Waals surface area contributed by atoms with Crippen molar-refractivity contribution >= 4 is 33.3 Å². The zero-order chi connectivity index (χ0) is 12.7. The van der Waals surface area contributed by atoms with Gasteiger partial charge >= 0.3 is 5.97 Å². The van der Waals surface area contributed by atoms with Crippen LogP contribution in [-0.4, -0.2) is 39.7 Å². The van der Waals surface area contributed by atoms with Crippen LogP contribution in [0.15, 0.2) is 18.2 Å². The molecule has 1 aliphatic rings. The van der Waals surface area contributed by atoms with E-state index >= 15 is 0 Å². The van der Waals surface area contributed by atoms with Gasteiger partial charge in [-0.15, -0.1) is 0 Å². The molecule has 94 valence electrons. The average molecular weight is 264 g/mol. The molecule has 1 aromatic heterocycles. The third-order valence-corrected chi connectivity index (χ3v) is 4.00. The first-order valence-corrected chi connectivity index (χ1v) is 6.48. The minimum atomic E-state index is -0.995. The van der Waals surface area contributed by atoms with E-state index in [1.54, 1.807) is 6.07 Å². The summed E-state index contributed by atoms with van der Waals surface area (Å²) in [5.41, 5.74) is 1.13. The van der Waals surface area contributed by atoms with Crippen LogP contribution in [0.2, 0.25) is 0 Å². The van der Waals surface area contributed by atoms with Crippen molar-refractivity contribution < 1.29 is 15.0 Å². The number of aliphatic hydroxyl groups is 1. The van der Waals surface area contributed by atoms with Crippen molar-refractivity contribution in [3.8, 4) is 0 Å². The Hall–Kier alpha value is -1.66. The quantitative estimate of drug-likeness (QED) is 0.861. The van der Waals surface area contributed by atoms with Crippen LogP contribution in [0.5, 0.6) is 0 Å². The number of nitrogens with zero attached hydrogens (tertiary/aromatic N) is 2. The summed E-state index contributed by atoms with van der Waals surface area (Å²) in [6.45, 7) is 1.47. The van der Waals surface area contributed by atoms with E-state index in [4.69, 9.17) is 5.11 Å². The summed E-state index contributed by atoms with van der Waals surface area (Å²) >= 11 is 1.20. The minimum Gasteiger partial charge on any atom is -0.476 e. The van der Waals surface area contributed by atoms with Crippen LogP contribution in [0.4, 0.5) is 5.69 Å². The van der Waals surface area contributed by atoms with Crippen molar-refractivity contribution in [1.82, 2.24) is 4.37 Å². The van der Waals surface area contributed by atoms with Crippen molar-refractivity contribution in [1.29, 1.82) is 0 Å². The molecule has 0 aliphatic carbocycles. The SMILES string of the molecule is O=C(O)c1nsc2cc(N3CC[C@H](O)C3)ccc12. The van der Waals surface area contributed by atoms with Crippen LogP contribution < -0.4 is 4.90 Å². The molecule has 1 fully saturated rings. The Labute approximate surface area is 107 Å². The maximum atomic E-state index is 11.0. The number of aromatic carboxylic acids is 1. The highest BCUT2D eigenvalue weighted by atomic mass is 32.1. The van der Waals surface area contributed by atoms with E-state index < -0.39 is 5.97 Å². The molecule has 0 bridgehead atoms. The number of carboxylic acids is 1. The number of β-amino-alcohol motifs (C(OH)–C–C–N with tert-alkyl or cyclic N) is 1. The Morgan fingerprint density at radius 3 is 3.00 bits per heavy atom. The lowest BCUT2D eigenvalue weighted by Gasteiger charge is -2.17. The van der Waals surface area contributed by atoms with E-state index in [2.05, 4.69) is 9.27 Å². The fraction of sp³-hybridized carbons (Fsp3) is 0.333. The summed E-state index contributed by atoms with van der Waals surface area (Å²) in [7, 11) is 0. The van der Waals surface area contributed by atoms with Crippen LogP contribution in [0.3, 0.4) is 0 Å². The summed E-state index contributed by atoms with van der Waals surface area (Å²) in [5, 5.41) is 19.2. The van der Waals surface area contributed by atoms with Crippen molar-refractivity contribution in [3.05, 3.63) is 23.9 Å². The molecule has 2 aromatic rings. The van der Waals surface area contributed by atoms with Crippen molar-refractivity contribution in [2.75, 3.05) is 18.0 Å². The summed E-state index contributed by atoms with van der Waals surface area (Å²) in [6, 6.07) is 5.63. The van der Waals surface area contributed by atoms with Gasteiger partial charge in [0.15, 0.2) is 5.69 Å². The van der Waals surface area contributed by atoms with Gasteiger partial charge in [-0.3, -0.25) is 0 Å². The van der Waals surface area contributed by atoms with Crippen molar-refractivity contribution in [2.24, 2.45) is 0 Å². The van der Waals surface area contributed by atoms with Crippen LogP contribution in [0, 0.1) is 0 Å². The normalized spacial score (nSPS) is 19.6. The maximum absolute atomic E-state index is 11.0. The first-order chi connectivity index (χ1) is 8.65. The molecule has 0 radical (unpaired) electrons. The molecule has 1 aliphatic heterocycles. The Bertz CT molecular complexity index is 610. The van der Waals surface area contributed by atoms with Gasteiger partial charge in [0.25, 0.3) is 0 Å². The van der Waals surface area contributed by atoms with E-state index in [0.717, 1.165) is 23.4 Å². The fourth-order valence-corrected chi connectivity index (χ4v) is 3.06. The van der Waals surface area contributed by atoms with Crippen LogP contribution >= 0.6 is 11.5 Å². The van der Waals surface area contributed by atoms with E-state index in [1.165, 1.54) is 11.5 Å². The molecule has 0 amide bonds. The number of aliphatic hydroxyl groups excluding tert-OH is 1. The lowest BCUT2D eigenvalue weighted by molar-refractivity contribution is 0.0694. The summed E-state index contributed by atoms with van der Waals surface area (Å²) < 4.78 is 4.82. The predicted molar refractivity (Wildman–Crippen MR) is 69.4 cm³/mol. The highest BCUT2D eigenvalue weighted by molar-refractivity contribution is 7.13. The number of rotatable bonds is 2. The molecule has 6 heteroatoms. The van der Waals surface area contributed by atoms with Gasteiger partial charge in [0, 0.05) is 24.2 Å². The van der Waals surface area contributed by atoms with E-state index in [9.17, 15) is 9.90 Å². The number of carboxylic acid groups (broad SMARTS) is 1. The van der Waals surface area contributed by atoms with Crippen LogP contribution in [0.25, 0.3) is 10.1 Å². The van der Waals surface area contributed by atoms with Gasteiger partial charge in [-0.2, -0.15) is 4.37 Å². The molecular weight excluding hydrogens is 252 g/mol. The molecule has 1 atom stereocenters. The van der Waals surface area contributed by atoms with E-state index in [1.807, 2.05) is 12.1 Å². The Kier molecular flexibility index (Phi) is 2.68. The molecular formula is C12H12N2O3S. The van der Waals surface area contributed by atoms with Crippen molar-refractivity contribution in [2.45, 2.75) is 12.5 Å². The largest absolute Gasteiger partial charge is 0.476 e. The molecule has 1 aromatic carbocycles. The van der Waals surface area contributed by atoms with Gasteiger partial charge in [-0.05, 0) is 36.2 Å². The molecule has 0 unspecified atom stereocenters. The first-order valence-electron chi connectivity index (χ1n) is 5.71. The lowest BCUT2D eigenvalue weighted by atomic mass is 10.2. The molecule has 0 saturated carbocycles. The second-order valence-electron chi connectivity index (χ2n) is 4.41. The molecule has 0 spiro atoms. The topological polar surface area (TPSA) is 73.7 Å². The highest BCUT2D eigenvalue weighted by Crippen LogP contribution is 2.29. The monoisotopic (exact) mass is 264 g/mol. The number of hydrogen-bond donors (Lipinski definition) is 2. The first kappa shape index (κ1) is 11.4. The smallest absolute Gasteiger partial charge is 0.356 e. The minimum absolute atomic E-state index is 0.114. The zero-order valence-electron chi connectivity index (χ0n) is 9.54. The zero-order valence-corrected chi connectivity index (χ0v) is 10.4. The molecule has 3 rings (SSSR count). The Morgan fingerprint density at radius 1 is 1.50 bits per heavy atom. The molecule has 2 N–H and O–H groups in total. The third kappa shape index (κ3) is 1.83. The molecule has 18 heavy (non-hydrogen) atoms. The number of fused-ring (bicyclic) bond motifs is 1. The number of benzene rings is 1. The second kappa shape index (κ2) is 4.22. The molecule has 5 nitrogen and oxygen atoms in total. The third-order valence-electron chi connectivity index (χ3n) is 3.19. The van der Waals surface area contributed by atoms with Gasteiger partial charge in [0.05, 0.1) is 10.8 Å². The Balaban J connectivity index is 1.99. The van der Waals surface area contributed by atoms with Crippen LogP contribution in [0.1, 0.15) is 16.9 Å². The van der Waals surface area contributed by atoms with E-state index in [0.29, 0.717) is 11.9 Å². The number of carbonyl (C=O) groups is 1. The highest BCUT2D eigenvalue weighted by Gasteiger charge is 2.21. The van der Waals surface area contributed by atoms with Crippen LogP contribution in [-0.2, 0) is 0 Å². The number of hydrogen-bond acceptors (Lipinski definition) is 5. The van der Waals surface area contributed by atoms with Gasteiger partial charge in [-0.1, -0.05) is 0 Å². The standard InChI is InChI=1S/C12H12N2O3S/c15-8-3-4-14(6-8)7-1-2-9-10(5-7)18-13-11(9)12(16)17/h1-2,5,8,15H,3-4,6H2,(H,16,17)/t8-/m0/s1. The summed E-state index contributed by atoms with van der Waals surface area (Å²) in [4.78, 5) is 13.1. The summed E-state index contributed by atoms with van der Waals surface area (Å²) in [6.07, 6.45) is 0.512. The maximum Gasteiger partial charge on any atom is 0.356 e.